The van der Waals surface area contributed by atoms with Crippen LogP contribution in [0.4, 0.5) is 0 Å². The first-order chi connectivity index (χ1) is 17.6. The summed E-state index contributed by atoms with van der Waals surface area (Å²) in [5, 5.41) is 4.67. The van der Waals surface area contributed by atoms with Crippen molar-refractivity contribution < 1.29 is 0 Å². The van der Waals surface area contributed by atoms with Crippen molar-refractivity contribution in [3.05, 3.63) is 115 Å². The van der Waals surface area contributed by atoms with Gasteiger partial charge >= 0.3 is 0 Å². The largest absolute Gasteiger partial charge is 0.308 e. The van der Waals surface area contributed by atoms with E-state index in [9.17, 15) is 0 Å². The number of benzene rings is 4. The highest BCUT2D eigenvalue weighted by Gasteiger charge is 2.37. The van der Waals surface area contributed by atoms with Crippen LogP contribution in [0.5, 0.6) is 0 Å². The van der Waals surface area contributed by atoms with E-state index >= 15 is 0 Å². The molecule has 0 unspecified atom stereocenters. The topological polar surface area (TPSA) is 30.7 Å². The van der Waals surface area contributed by atoms with Crippen molar-refractivity contribution in [3.63, 3.8) is 0 Å². The van der Waals surface area contributed by atoms with Gasteiger partial charge in [0.05, 0.1) is 33.1 Å². The molecule has 0 atom stereocenters. The number of hydrogen-bond donors (Lipinski definition) is 0. The Labute approximate surface area is 208 Å². The number of para-hydroxylation sites is 1. The Balaban J connectivity index is 1.64. The Kier molecular flexibility index (Phi) is 3.73. The normalized spacial score (nSPS) is 14.1. The SMILES string of the molecule is CC1(C)c2ccccc2-c2c1ccc1c3ccccc3n(-c3cccc4ncc5cccnc5c34)c21. The number of pyridine rings is 2. The van der Waals surface area contributed by atoms with Crippen molar-refractivity contribution in [1.82, 2.24) is 14.5 Å². The van der Waals surface area contributed by atoms with Crippen molar-refractivity contribution >= 4 is 43.6 Å². The molecule has 0 radical (unpaired) electrons. The van der Waals surface area contributed by atoms with Crippen LogP contribution in [0.2, 0.25) is 0 Å². The lowest BCUT2D eigenvalue weighted by Crippen LogP contribution is -2.14. The summed E-state index contributed by atoms with van der Waals surface area (Å²) in [5.74, 6) is 0. The number of fused-ring (bicyclic) bond motifs is 10. The van der Waals surface area contributed by atoms with Gasteiger partial charge in [0.15, 0.2) is 0 Å². The average molecular weight is 462 g/mol. The fourth-order valence-corrected chi connectivity index (χ4v) is 6.43. The molecule has 36 heavy (non-hydrogen) atoms. The van der Waals surface area contributed by atoms with Gasteiger partial charge in [-0.05, 0) is 47.0 Å². The summed E-state index contributed by atoms with van der Waals surface area (Å²) >= 11 is 0. The van der Waals surface area contributed by atoms with Gasteiger partial charge in [-0.15, -0.1) is 0 Å². The molecule has 0 saturated heterocycles. The summed E-state index contributed by atoms with van der Waals surface area (Å²) in [6.45, 7) is 4.69. The molecule has 0 saturated carbocycles. The van der Waals surface area contributed by atoms with Gasteiger partial charge in [-0.1, -0.05) is 74.5 Å². The smallest absolute Gasteiger partial charge is 0.0832 e. The highest BCUT2D eigenvalue weighted by atomic mass is 15.0. The highest BCUT2D eigenvalue weighted by Crippen LogP contribution is 2.53. The van der Waals surface area contributed by atoms with Gasteiger partial charge in [0.2, 0.25) is 0 Å². The lowest BCUT2D eigenvalue weighted by Gasteiger charge is -2.21. The predicted molar refractivity (Wildman–Crippen MR) is 149 cm³/mol. The average Bonchev–Trinajstić information content (AvgIpc) is 3.38. The minimum Gasteiger partial charge on any atom is -0.308 e. The van der Waals surface area contributed by atoms with Crippen LogP contribution in [-0.4, -0.2) is 14.5 Å². The first-order valence-corrected chi connectivity index (χ1v) is 12.4. The molecule has 0 spiro atoms. The minimum absolute atomic E-state index is 0.0596. The van der Waals surface area contributed by atoms with Gasteiger partial charge in [0.25, 0.3) is 0 Å². The van der Waals surface area contributed by atoms with Crippen molar-refractivity contribution in [1.29, 1.82) is 0 Å². The Morgan fingerprint density at radius 1 is 0.694 bits per heavy atom. The summed E-state index contributed by atoms with van der Waals surface area (Å²) in [5.41, 5.74) is 10.9. The molecular formula is C33H23N3. The summed E-state index contributed by atoms with van der Waals surface area (Å²) in [7, 11) is 0. The maximum atomic E-state index is 4.82. The van der Waals surface area contributed by atoms with E-state index in [4.69, 9.17) is 9.97 Å². The Morgan fingerprint density at radius 2 is 1.56 bits per heavy atom. The van der Waals surface area contributed by atoms with Crippen molar-refractivity contribution in [2.45, 2.75) is 19.3 Å². The molecule has 1 aliphatic rings. The summed E-state index contributed by atoms with van der Waals surface area (Å²) < 4.78 is 2.46. The van der Waals surface area contributed by atoms with Crippen LogP contribution in [0.1, 0.15) is 25.0 Å². The van der Waals surface area contributed by atoms with Crippen molar-refractivity contribution in [3.8, 4) is 16.8 Å². The van der Waals surface area contributed by atoms with Gasteiger partial charge in [-0.3, -0.25) is 9.97 Å². The van der Waals surface area contributed by atoms with Crippen LogP contribution in [0.15, 0.2) is 103 Å². The molecule has 3 heterocycles. The molecule has 0 aliphatic heterocycles. The van der Waals surface area contributed by atoms with E-state index in [1.807, 2.05) is 18.5 Å². The third-order valence-corrected chi connectivity index (χ3v) is 8.06. The van der Waals surface area contributed by atoms with Crippen LogP contribution >= 0.6 is 0 Å². The molecule has 3 heteroatoms. The lowest BCUT2D eigenvalue weighted by atomic mass is 9.82. The first kappa shape index (κ1) is 19.8. The molecule has 0 N–H and O–H groups in total. The first-order valence-electron chi connectivity index (χ1n) is 12.4. The fourth-order valence-electron chi connectivity index (χ4n) is 6.43. The number of aromatic nitrogens is 3. The van der Waals surface area contributed by atoms with Gasteiger partial charge in [-0.25, -0.2) is 0 Å². The third kappa shape index (κ3) is 2.37. The molecule has 3 aromatic heterocycles. The van der Waals surface area contributed by atoms with E-state index < -0.39 is 0 Å². The van der Waals surface area contributed by atoms with E-state index in [0.717, 1.165) is 27.5 Å². The molecule has 0 amide bonds. The summed E-state index contributed by atoms with van der Waals surface area (Å²) in [4.78, 5) is 9.64. The number of rotatable bonds is 1. The van der Waals surface area contributed by atoms with Crippen LogP contribution < -0.4 is 0 Å². The van der Waals surface area contributed by atoms with Crippen LogP contribution in [0.25, 0.3) is 60.4 Å². The number of nitrogens with zero attached hydrogens (tertiary/aromatic N) is 3. The van der Waals surface area contributed by atoms with E-state index in [1.165, 1.54) is 44.1 Å². The fraction of sp³-hybridized carbons (Fsp3) is 0.0909. The van der Waals surface area contributed by atoms with Crippen LogP contribution in [0, 0.1) is 0 Å². The molecular weight excluding hydrogens is 438 g/mol. The molecule has 8 rings (SSSR count). The van der Waals surface area contributed by atoms with E-state index in [2.05, 4.69) is 103 Å². The Morgan fingerprint density at radius 3 is 2.50 bits per heavy atom. The molecule has 1 aliphatic carbocycles. The second kappa shape index (κ2) is 6.79. The van der Waals surface area contributed by atoms with Gasteiger partial charge < -0.3 is 4.57 Å². The van der Waals surface area contributed by atoms with Crippen LogP contribution in [0.3, 0.4) is 0 Å². The van der Waals surface area contributed by atoms with Crippen LogP contribution in [-0.2, 0) is 5.41 Å². The molecule has 170 valence electrons. The van der Waals surface area contributed by atoms with Gasteiger partial charge in [-0.2, -0.15) is 0 Å². The van der Waals surface area contributed by atoms with Gasteiger partial charge in [0, 0.05) is 39.5 Å². The van der Waals surface area contributed by atoms with Crippen molar-refractivity contribution in [2.24, 2.45) is 0 Å². The molecule has 0 bridgehead atoms. The van der Waals surface area contributed by atoms with E-state index in [0.29, 0.717) is 0 Å². The standard InChI is InChI=1S/C33H23N3/c1-33(2)24-12-5-3-11-23(24)29-25(33)17-16-22-21-10-4-6-14-27(21)36(32(22)29)28-15-7-13-26-30(28)31-20(19-35-26)9-8-18-34-31/h3-19H,1-2H3. The molecule has 0 fully saturated rings. The maximum Gasteiger partial charge on any atom is 0.0832 e. The zero-order chi connectivity index (χ0) is 24.0. The van der Waals surface area contributed by atoms with E-state index in [1.54, 1.807) is 0 Å². The highest BCUT2D eigenvalue weighted by molar-refractivity contribution is 6.17. The Hall–Kier alpha value is -4.50. The van der Waals surface area contributed by atoms with Gasteiger partial charge in [0.1, 0.15) is 0 Å². The molecule has 4 aromatic carbocycles. The second-order valence-corrected chi connectivity index (χ2v) is 10.3. The second-order valence-electron chi connectivity index (χ2n) is 10.3. The monoisotopic (exact) mass is 461 g/mol. The summed E-state index contributed by atoms with van der Waals surface area (Å²) in [6, 6.07) is 32.8. The van der Waals surface area contributed by atoms with E-state index in [-0.39, 0.29) is 5.41 Å². The minimum atomic E-state index is -0.0596. The number of hydrogen-bond acceptors (Lipinski definition) is 2. The summed E-state index contributed by atoms with van der Waals surface area (Å²) in [6.07, 6.45) is 3.80. The Bertz CT molecular complexity index is 2030. The molecule has 3 nitrogen and oxygen atoms in total. The quantitative estimate of drug-likeness (QED) is 0.231. The van der Waals surface area contributed by atoms with Crippen molar-refractivity contribution in [2.75, 3.05) is 0 Å². The molecule has 7 aromatic rings. The third-order valence-electron chi connectivity index (χ3n) is 8.06. The zero-order valence-electron chi connectivity index (χ0n) is 20.2. The maximum absolute atomic E-state index is 4.82. The zero-order valence-corrected chi connectivity index (χ0v) is 20.2. The lowest BCUT2D eigenvalue weighted by molar-refractivity contribution is 0.661. The predicted octanol–water partition coefficient (Wildman–Crippen LogP) is 8.19.